The summed E-state index contributed by atoms with van der Waals surface area (Å²) in [6.45, 7) is 0. The number of aldehydes is 1. The molecular formula is C13H16O3S. The van der Waals surface area contributed by atoms with E-state index in [0.717, 1.165) is 36.7 Å². The highest BCUT2D eigenvalue weighted by molar-refractivity contribution is 7.91. The molecule has 3 nitrogen and oxygen atoms in total. The number of hydrogen-bond acceptors (Lipinski definition) is 3. The topological polar surface area (TPSA) is 51.2 Å². The van der Waals surface area contributed by atoms with Gasteiger partial charge in [0.2, 0.25) is 0 Å². The Morgan fingerprint density at radius 2 is 1.82 bits per heavy atom. The zero-order chi connectivity index (χ0) is 12.3. The Morgan fingerprint density at radius 3 is 2.47 bits per heavy atom. The van der Waals surface area contributed by atoms with Crippen LogP contribution in [-0.2, 0) is 16.3 Å². The van der Waals surface area contributed by atoms with Crippen molar-refractivity contribution in [2.45, 2.75) is 19.3 Å². The quantitative estimate of drug-likeness (QED) is 0.772. The molecule has 17 heavy (non-hydrogen) atoms. The van der Waals surface area contributed by atoms with Crippen molar-refractivity contribution in [1.29, 1.82) is 0 Å². The number of rotatable bonds is 3. The van der Waals surface area contributed by atoms with Gasteiger partial charge in [-0.1, -0.05) is 24.3 Å². The number of hydrogen-bond donors (Lipinski definition) is 0. The van der Waals surface area contributed by atoms with E-state index < -0.39 is 9.84 Å². The maximum atomic E-state index is 11.3. The van der Waals surface area contributed by atoms with E-state index in [1.807, 2.05) is 24.3 Å². The molecule has 0 N–H and O–H groups in total. The molecule has 0 radical (unpaired) electrons. The van der Waals surface area contributed by atoms with Crippen molar-refractivity contribution >= 4 is 16.1 Å². The van der Waals surface area contributed by atoms with Gasteiger partial charge in [-0.3, -0.25) is 4.79 Å². The van der Waals surface area contributed by atoms with E-state index in [2.05, 4.69) is 0 Å². The SMILES string of the molecule is O=Cc1ccccc1CC1CCS(=O)(=O)CC1. The summed E-state index contributed by atoms with van der Waals surface area (Å²) in [5.41, 5.74) is 1.76. The van der Waals surface area contributed by atoms with Crippen molar-refractivity contribution in [2.75, 3.05) is 11.5 Å². The first-order valence-electron chi connectivity index (χ1n) is 5.84. The van der Waals surface area contributed by atoms with Gasteiger partial charge in [0.25, 0.3) is 0 Å². The third-order valence-corrected chi connectivity index (χ3v) is 5.08. The summed E-state index contributed by atoms with van der Waals surface area (Å²) in [6.07, 6.45) is 3.12. The van der Waals surface area contributed by atoms with E-state index >= 15 is 0 Å². The molecule has 0 atom stereocenters. The molecule has 92 valence electrons. The average molecular weight is 252 g/mol. The number of sulfone groups is 1. The largest absolute Gasteiger partial charge is 0.298 e. The first-order valence-corrected chi connectivity index (χ1v) is 7.66. The number of carbonyl (C=O) groups is 1. The van der Waals surface area contributed by atoms with Crippen LogP contribution in [0.5, 0.6) is 0 Å². The van der Waals surface area contributed by atoms with Gasteiger partial charge in [-0.05, 0) is 30.7 Å². The van der Waals surface area contributed by atoms with Crippen LogP contribution in [-0.4, -0.2) is 26.2 Å². The molecule has 1 heterocycles. The third-order valence-electron chi connectivity index (χ3n) is 3.36. The smallest absolute Gasteiger partial charge is 0.150 e. The highest BCUT2D eigenvalue weighted by atomic mass is 32.2. The third kappa shape index (κ3) is 3.16. The van der Waals surface area contributed by atoms with Gasteiger partial charge < -0.3 is 0 Å². The van der Waals surface area contributed by atoms with Gasteiger partial charge in [-0.15, -0.1) is 0 Å². The second kappa shape index (κ2) is 5.00. The first kappa shape index (κ1) is 12.3. The van der Waals surface area contributed by atoms with Crippen LogP contribution >= 0.6 is 0 Å². The molecule has 0 saturated carbocycles. The summed E-state index contributed by atoms with van der Waals surface area (Å²) in [5, 5.41) is 0. The average Bonchev–Trinajstić information content (AvgIpc) is 2.32. The molecule has 0 bridgehead atoms. The summed E-state index contributed by atoms with van der Waals surface area (Å²) in [4.78, 5) is 10.9. The van der Waals surface area contributed by atoms with Crippen LogP contribution in [0.1, 0.15) is 28.8 Å². The lowest BCUT2D eigenvalue weighted by molar-refractivity contribution is 0.112. The van der Waals surface area contributed by atoms with Gasteiger partial charge in [0.15, 0.2) is 0 Å². The lowest BCUT2D eigenvalue weighted by atomic mass is 9.92. The Kier molecular flexibility index (Phi) is 3.62. The number of carbonyl (C=O) groups excluding carboxylic acids is 1. The summed E-state index contributed by atoms with van der Waals surface area (Å²) >= 11 is 0. The molecule has 0 amide bonds. The molecular weight excluding hydrogens is 236 g/mol. The highest BCUT2D eigenvalue weighted by Crippen LogP contribution is 2.23. The monoisotopic (exact) mass is 252 g/mol. The van der Waals surface area contributed by atoms with E-state index in [0.29, 0.717) is 17.4 Å². The van der Waals surface area contributed by atoms with Crippen molar-refractivity contribution in [1.82, 2.24) is 0 Å². The molecule has 0 unspecified atom stereocenters. The molecule has 1 saturated heterocycles. The maximum absolute atomic E-state index is 11.3. The minimum absolute atomic E-state index is 0.293. The lowest BCUT2D eigenvalue weighted by Gasteiger charge is -2.22. The van der Waals surface area contributed by atoms with Crippen LogP contribution in [0.3, 0.4) is 0 Å². The van der Waals surface area contributed by atoms with E-state index in [9.17, 15) is 13.2 Å². The van der Waals surface area contributed by atoms with Gasteiger partial charge in [-0.25, -0.2) is 8.42 Å². The summed E-state index contributed by atoms with van der Waals surface area (Å²) in [5.74, 6) is 0.974. The van der Waals surface area contributed by atoms with Crippen molar-refractivity contribution in [3.8, 4) is 0 Å². The molecule has 1 aliphatic rings. The van der Waals surface area contributed by atoms with Crippen LogP contribution in [0.2, 0.25) is 0 Å². The van der Waals surface area contributed by atoms with Crippen LogP contribution in [0.25, 0.3) is 0 Å². The van der Waals surface area contributed by atoms with E-state index in [-0.39, 0.29) is 0 Å². The molecule has 0 spiro atoms. The van der Waals surface area contributed by atoms with E-state index in [4.69, 9.17) is 0 Å². The van der Waals surface area contributed by atoms with Crippen LogP contribution in [0.15, 0.2) is 24.3 Å². The van der Waals surface area contributed by atoms with Crippen LogP contribution in [0.4, 0.5) is 0 Å². The fourth-order valence-corrected chi connectivity index (χ4v) is 3.88. The number of benzene rings is 1. The van der Waals surface area contributed by atoms with Gasteiger partial charge in [-0.2, -0.15) is 0 Å². The molecule has 0 aromatic heterocycles. The zero-order valence-corrected chi connectivity index (χ0v) is 10.4. The predicted octanol–water partition coefficient (Wildman–Crippen LogP) is 1.87. The molecule has 1 aromatic carbocycles. The molecule has 0 aliphatic carbocycles. The van der Waals surface area contributed by atoms with Crippen LogP contribution < -0.4 is 0 Å². The minimum Gasteiger partial charge on any atom is -0.298 e. The normalized spacial score (nSPS) is 20.0. The van der Waals surface area contributed by atoms with Gasteiger partial charge in [0.1, 0.15) is 16.1 Å². The van der Waals surface area contributed by atoms with Crippen molar-refractivity contribution in [2.24, 2.45) is 5.92 Å². The molecule has 1 fully saturated rings. The zero-order valence-electron chi connectivity index (χ0n) is 9.63. The molecule has 2 rings (SSSR count). The minimum atomic E-state index is -2.79. The Bertz CT molecular complexity index is 491. The Morgan fingerprint density at radius 1 is 1.18 bits per heavy atom. The molecule has 1 aromatic rings. The second-order valence-electron chi connectivity index (χ2n) is 4.62. The summed E-state index contributed by atoms with van der Waals surface area (Å²) < 4.78 is 22.6. The van der Waals surface area contributed by atoms with Crippen molar-refractivity contribution < 1.29 is 13.2 Å². The van der Waals surface area contributed by atoms with Gasteiger partial charge >= 0.3 is 0 Å². The summed E-state index contributed by atoms with van der Waals surface area (Å²) in [7, 11) is -2.79. The summed E-state index contributed by atoms with van der Waals surface area (Å²) in [6, 6.07) is 7.52. The fraction of sp³-hybridized carbons (Fsp3) is 0.462. The van der Waals surface area contributed by atoms with Crippen molar-refractivity contribution in [3.05, 3.63) is 35.4 Å². The van der Waals surface area contributed by atoms with Crippen LogP contribution in [0, 0.1) is 5.92 Å². The molecule has 1 aliphatic heterocycles. The standard InChI is InChI=1S/C13H16O3S/c14-10-13-4-2-1-3-12(13)9-11-5-7-17(15,16)8-6-11/h1-4,10-11H,5-9H2. The van der Waals surface area contributed by atoms with E-state index in [1.165, 1.54) is 0 Å². The Hall–Kier alpha value is -1.16. The second-order valence-corrected chi connectivity index (χ2v) is 6.92. The predicted molar refractivity (Wildman–Crippen MR) is 66.9 cm³/mol. The first-order chi connectivity index (χ1) is 8.11. The lowest BCUT2D eigenvalue weighted by Crippen LogP contribution is -2.24. The van der Waals surface area contributed by atoms with E-state index in [1.54, 1.807) is 0 Å². The highest BCUT2D eigenvalue weighted by Gasteiger charge is 2.24. The fourth-order valence-electron chi connectivity index (χ4n) is 2.29. The van der Waals surface area contributed by atoms with Gasteiger partial charge in [0.05, 0.1) is 11.5 Å². The van der Waals surface area contributed by atoms with Gasteiger partial charge in [0, 0.05) is 5.56 Å². The van der Waals surface area contributed by atoms with Crippen molar-refractivity contribution in [3.63, 3.8) is 0 Å². The maximum Gasteiger partial charge on any atom is 0.150 e. The Labute approximate surface area is 102 Å². The molecule has 4 heteroatoms. The Balaban J connectivity index is 2.05.